The molecule has 16 heavy (non-hydrogen) atoms. The van der Waals surface area contributed by atoms with Crippen LogP contribution in [0.3, 0.4) is 0 Å². The lowest BCUT2D eigenvalue weighted by Gasteiger charge is -2.12. The summed E-state index contributed by atoms with van der Waals surface area (Å²) in [6.45, 7) is 0. The summed E-state index contributed by atoms with van der Waals surface area (Å²) in [5.74, 6) is 0. The molecule has 6 heteroatoms. The zero-order valence-electron chi connectivity index (χ0n) is 8.67. The van der Waals surface area contributed by atoms with Crippen molar-refractivity contribution in [2.75, 3.05) is 0 Å². The van der Waals surface area contributed by atoms with E-state index in [1.165, 1.54) is 0 Å². The third-order valence-electron chi connectivity index (χ3n) is 2.36. The van der Waals surface area contributed by atoms with E-state index in [0.29, 0.717) is 17.9 Å². The molecule has 0 radical (unpaired) electrons. The summed E-state index contributed by atoms with van der Waals surface area (Å²) < 4.78 is 0. The van der Waals surface area contributed by atoms with Gasteiger partial charge in [-0.2, -0.15) is 0 Å². The highest BCUT2D eigenvalue weighted by molar-refractivity contribution is 6.30. The van der Waals surface area contributed by atoms with Crippen LogP contribution in [-0.4, -0.2) is 17.1 Å². The Bertz CT molecular complexity index is 354. The maximum atomic E-state index is 10.6. The van der Waals surface area contributed by atoms with E-state index in [2.05, 4.69) is 0 Å². The van der Waals surface area contributed by atoms with Crippen molar-refractivity contribution >= 4 is 11.6 Å². The SMILES string of the molecule is NC(N)C(CCc1ccc(Cl)cc1)[N+](=O)[O-]. The third-order valence-corrected chi connectivity index (χ3v) is 2.61. The Balaban J connectivity index is 2.55. The first kappa shape index (κ1) is 12.9. The van der Waals surface area contributed by atoms with Crippen molar-refractivity contribution in [3.63, 3.8) is 0 Å². The largest absolute Gasteiger partial charge is 0.310 e. The van der Waals surface area contributed by atoms with Gasteiger partial charge < -0.3 is 11.5 Å². The molecule has 0 amide bonds. The van der Waals surface area contributed by atoms with Crippen LogP contribution < -0.4 is 11.5 Å². The van der Waals surface area contributed by atoms with Crippen LogP contribution in [0.25, 0.3) is 0 Å². The minimum Gasteiger partial charge on any atom is -0.310 e. The van der Waals surface area contributed by atoms with Gasteiger partial charge in [0, 0.05) is 16.4 Å². The van der Waals surface area contributed by atoms with Crippen LogP contribution in [0.4, 0.5) is 0 Å². The quantitative estimate of drug-likeness (QED) is 0.461. The smallest absolute Gasteiger partial charge is 0.241 e. The Kier molecular flexibility index (Phi) is 4.67. The van der Waals surface area contributed by atoms with Crippen molar-refractivity contribution in [1.82, 2.24) is 0 Å². The highest BCUT2D eigenvalue weighted by Gasteiger charge is 2.24. The van der Waals surface area contributed by atoms with Crippen LogP contribution >= 0.6 is 11.6 Å². The number of hydrogen-bond acceptors (Lipinski definition) is 4. The van der Waals surface area contributed by atoms with E-state index in [1.807, 2.05) is 12.1 Å². The fourth-order valence-electron chi connectivity index (χ4n) is 1.40. The monoisotopic (exact) mass is 243 g/mol. The van der Waals surface area contributed by atoms with Gasteiger partial charge in [-0.25, -0.2) is 0 Å². The van der Waals surface area contributed by atoms with E-state index in [1.54, 1.807) is 12.1 Å². The molecule has 4 N–H and O–H groups in total. The first-order valence-corrected chi connectivity index (χ1v) is 5.27. The molecule has 1 aromatic carbocycles. The fraction of sp³-hybridized carbons (Fsp3) is 0.400. The summed E-state index contributed by atoms with van der Waals surface area (Å²) in [5.41, 5.74) is 11.7. The van der Waals surface area contributed by atoms with Gasteiger partial charge in [-0.05, 0) is 24.1 Å². The first-order valence-electron chi connectivity index (χ1n) is 4.90. The number of nitrogens with two attached hydrogens (primary N) is 2. The molecule has 1 unspecified atom stereocenters. The first-order chi connectivity index (χ1) is 7.50. The van der Waals surface area contributed by atoms with E-state index in [0.717, 1.165) is 5.56 Å². The van der Waals surface area contributed by atoms with Gasteiger partial charge in [0.2, 0.25) is 6.04 Å². The van der Waals surface area contributed by atoms with Crippen LogP contribution in [0.5, 0.6) is 0 Å². The molecule has 1 rings (SSSR count). The molecule has 0 bridgehead atoms. The lowest BCUT2D eigenvalue weighted by atomic mass is 10.0. The molecular formula is C10H14ClN3O2. The molecule has 1 aromatic rings. The summed E-state index contributed by atoms with van der Waals surface area (Å²) >= 11 is 5.73. The minimum absolute atomic E-state index is 0.326. The van der Waals surface area contributed by atoms with Crippen LogP contribution in [0.1, 0.15) is 12.0 Å². The Morgan fingerprint density at radius 3 is 2.31 bits per heavy atom. The molecule has 0 saturated heterocycles. The third kappa shape index (κ3) is 3.77. The van der Waals surface area contributed by atoms with Crippen molar-refractivity contribution in [3.8, 4) is 0 Å². The van der Waals surface area contributed by atoms with Crippen molar-refractivity contribution in [2.24, 2.45) is 11.5 Å². The molecule has 0 aliphatic rings. The van der Waals surface area contributed by atoms with Gasteiger partial charge in [-0.15, -0.1) is 0 Å². The minimum atomic E-state index is -0.928. The second-order valence-electron chi connectivity index (χ2n) is 3.60. The van der Waals surface area contributed by atoms with Gasteiger partial charge >= 0.3 is 0 Å². The van der Waals surface area contributed by atoms with Crippen molar-refractivity contribution in [3.05, 3.63) is 45.0 Å². The lowest BCUT2D eigenvalue weighted by molar-refractivity contribution is -0.526. The summed E-state index contributed by atoms with van der Waals surface area (Å²) in [6.07, 6.45) is -0.0395. The molecule has 0 heterocycles. The standard InChI is InChI=1S/C10H14ClN3O2/c11-8-4-1-7(2-5-8)3-6-9(10(12)13)14(15)16/h1-2,4-5,9-10H,3,6,12-13H2. The highest BCUT2D eigenvalue weighted by Crippen LogP contribution is 2.12. The number of nitrogens with zero attached hydrogens (tertiary/aromatic N) is 1. The molecular weight excluding hydrogens is 230 g/mol. The van der Waals surface area contributed by atoms with E-state index >= 15 is 0 Å². The van der Waals surface area contributed by atoms with Crippen LogP contribution in [-0.2, 0) is 6.42 Å². The molecule has 0 aliphatic carbocycles. The Morgan fingerprint density at radius 1 is 1.31 bits per heavy atom. The molecule has 0 spiro atoms. The molecule has 88 valence electrons. The zero-order valence-corrected chi connectivity index (χ0v) is 9.43. The van der Waals surface area contributed by atoms with E-state index in [9.17, 15) is 10.1 Å². The molecule has 5 nitrogen and oxygen atoms in total. The van der Waals surface area contributed by atoms with Crippen molar-refractivity contribution < 1.29 is 4.92 Å². The molecule has 0 saturated carbocycles. The van der Waals surface area contributed by atoms with E-state index in [-0.39, 0.29) is 0 Å². The Morgan fingerprint density at radius 2 is 1.88 bits per heavy atom. The van der Waals surface area contributed by atoms with Gasteiger partial charge in [0.05, 0.1) is 0 Å². The number of benzene rings is 1. The number of halogens is 1. The Hall–Kier alpha value is -1.17. The second kappa shape index (κ2) is 5.79. The van der Waals surface area contributed by atoms with E-state index in [4.69, 9.17) is 23.1 Å². The maximum Gasteiger partial charge on any atom is 0.241 e. The molecule has 1 atom stereocenters. The number of nitro groups is 1. The maximum absolute atomic E-state index is 10.6. The summed E-state index contributed by atoms with van der Waals surface area (Å²) in [4.78, 5) is 10.2. The van der Waals surface area contributed by atoms with Crippen molar-refractivity contribution in [2.45, 2.75) is 25.0 Å². The lowest BCUT2D eigenvalue weighted by Crippen LogP contribution is -2.47. The van der Waals surface area contributed by atoms with Crippen molar-refractivity contribution in [1.29, 1.82) is 0 Å². The summed E-state index contributed by atoms with van der Waals surface area (Å²) in [5, 5.41) is 11.3. The predicted octanol–water partition coefficient (Wildman–Crippen LogP) is 1.16. The van der Waals surface area contributed by atoms with Gasteiger partial charge in [0.25, 0.3) is 0 Å². The number of hydrogen-bond donors (Lipinski definition) is 2. The Labute approximate surface area is 98.5 Å². The number of rotatable bonds is 5. The van der Waals surface area contributed by atoms with Gasteiger partial charge in [0.1, 0.15) is 6.17 Å². The normalized spacial score (nSPS) is 12.8. The predicted molar refractivity (Wildman–Crippen MR) is 62.7 cm³/mol. The topological polar surface area (TPSA) is 95.2 Å². The molecule has 0 fully saturated rings. The van der Waals surface area contributed by atoms with Crippen LogP contribution in [0.15, 0.2) is 24.3 Å². The average molecular weight is 244 g/mol. The second-order valence-corrected chi connectivity index (χ2v) is 4.03. The fourth-order valence-corrected chi connectivity index (χ4v) is 1.53. The molecule has 0 aliphatic heterocycles. The van der Waals surface area contributed by atoms with Gasteiger partial charge in [-0.3, -0.25) is 10.1 Å². The summed E-state index contributed by atoms with van der Waals surface area (Å²) in [7, 11) is 0. The van der Waals surface area contributed by atoms with Crippen LogP contribution in [0, 0.1) is 10.1 Å². The highest BCUT2D eigenvalue weighted by atomic mass is 35.5. The van der Waals surface area contributed by atoms with Gasteiger partial charge in [0.15, 0.2) is 0 Å². The zero-order chi connectivity index (χ0) is 12.1. The van der Waals surface area contributed by atoms with E-state index < -0.39 is 17.1 Å². The summed E-state index contributed by atoms with van der Waals surface area (Å²) in [6, 6.07) is 6.26. The van der Waals surface area contributed by atoms with Gasteiger partial charge in [-0.1, -0.05) is 23.7 Å². The van der Waals surface area contributed by atoms with Crippen LogP contribution in [0.2, 0.25) is 5.02 Å². The number of aryl methyl sites for hydroxylation is 1. The average Bonchev–Trinajstić information content (AvgIpc) is 2.20. The molecule has 0 aromatic heterocycles.